The van der Waals surface area contributed by atoms with Crippen molar-refractivity contribution >= 4 is 53.3 Å². The Morgan fingerprint density at radius 2 is 2.00 bits per heavy atom. The highest BCUT2D eigenvalue weighted by atomic mass is 127. The zero-order valence-corrected chi connectivity index (χ0v) is 15.9. The molecule has 0 aromatic heterocycles. The van der Waals surface area contributed by atoms with Crippen LogP contribution in [0.5, 0.6) is 0 Å². The van der Waals surface area contributed by atoms with Crippen molar-refractivity contribution in [2.75, 3.05) is 25.6 Å². The predicted octanol–water partition coefficient (Wildman–Crippen LogP) is 3.77. The first-order valence-electron chi connectivity index (χ1n) is 6.44. The number of hydrogen-bond donors (Lipinski definition) is 2. The van der Waals surface area contributed by atoms with Crippen LogP contribution in [0.4, 0.5) is 0 Å². The summed E-state index contributed by atoms with van der Waals surface area (Å²) in [5.74, 6) is 2.04. The van der Waals surface area contributed by atoms with E-state index >= 15 is 0 Å². The highest BCUT2D eigenvalue weighted by molar-refractivity contribution is 14.0. The minimum Gasteiger partial charge on any atom is -0.356 e. The molecule has 0 saturated heterocycles. The van der Waals surface area contributed by atoms with Gasteiger partial charge in [0.15, 0.2) is 5.96 Å². The number of rotatable bonds is 7. The molecule has 1 rings (SSSR count). The van der Waals surface area contributed by atoms with Crippen LogP contribution < -0.4 is 10.6 Å². The topological polar surface area (TPSA) is 36.4 Å². The Hall–Kier alpha value is -0.140. The molecule has 20 heavy (non-hydrogen) atoms. The second-order valence-electron chi connectivity index (χ2n) is 4.14. The van der Waals surface area contributed by atoms with E-state index in [1.54, 1.807) is 7.05 Å². The molecular formula is C14H23ClIN3S. The van der Waals surface area contributed by atoms with Gasteiger partial charge in [-0.1, -0.05) is 29.8 Å². The molecule has 1 aromatic rings. The summed E-state index contributed by atoms with van der Waals surface area (Å²) in [5.41, 5.74) is 1.08. The fraction of sp³-hybridized carbons (Fsp3) is 0.500. The zero-order valence-electron chi connectivity index (χ0n) is 12.0. The maximum absolute atomic E-state index is 6.11. The number of nitrogens with zero attached hydrogens (tertiary/aromatic N) is 1. The van der Waals surface area contributed by atoms with Crippen molar-refractivity contribution in [1.82, 2.24) is 10.6 Å². The van der Waals surface area contributed by atoms with E-state index in [9.17, 15) is 0 Å². The van der Waals surface area contributed by atoms with Crippen LogP contribution in [0, 0.1) is 0 Å². The van der Waals surface area contributed by atoms with Gasteiger partial charge >= 0.3 is 0 Å². The highest BCUT2D eigenvalue weighted by Crippen LogP contribution is 2.14. The van der Waals surface area contributed by atoms with Crippen LogP contribution in [0.15, 0.2) is 29.3 Å². The number of thioether (sulfide) groups is 1. The maximum Gasteiger partial charge on any atom is 0.191 e. The Labute approximate surface area is 148 Å². The van der Waals surface area contributed by atoms with Crippen LogP contribution in [-0.2, 0) is 6.54 Å². The van der Waals surface area contributed by atoms with E-state index in [0.29, 0.717) is 6.54 Å². The molecule has 0 saturated carbocycles. The largest absolute Gasteiger partial charge is 0.356 e. The summed E-state index contributed by atoms with van der Waals surface area (Å²) >= 11 is 8.00. The lowest BCUT2D eigenvalue weighted by molar-refractivity contribution is 0.733. The summed E-state index contributed by atoms with van der Waals surface area (Å²) in [5, 5.41) is 7.35. The number of benzene rings is 1. The van der Waals surface area contributed by atoms with Crippen molar-refractivity contribution < 1.29 is 0 Å². The highest BCUT2D eigenvalue weighted by Gasteiger charge is 2.00. The second kappa shape index (κ2) is 12.6. The molecule has 0 aliphatic heterocycles. The number of halogens is 2. The van der Waals surface area contributed by atoms with Crippen LogP contribution in [0.2, 0.25) is 5.02 Å². The molecule has 0 aliphatic rings. The molecule has 0 amide bonds. The third kappa shape index (κ3) is 8.21. The van der Waals surface area contributed by atoms with Crippen LogP contribution >= 0.6 is 47.3 Å². The van der Waals surface area contributed by atoms with E-state index < -0.39 is 0 Å². The molecule has 0 radical (unpaired) electrons. The molecule has 0 fully saturated rings. The molecule has 0 atom stereocenters. The Kier molecular flexibility index (Phi) is 12.5. The molecule has 2 N–H and O–H groups in total. The van der Waals surface area contributed by atoms with Gasteiger partial charge in [-0.05, 0) is 36.5 Å². The van der Waals surface area contributed by atoms with Gasteiger partial charge in [-0.15, -0.1) is 24.0 Å². The van der Waals surface area contributed by atoms with E-state index in [4.69, 9.17) is 11.6 Å². The van der Waals surface area contributed by atoms with Gasteiger partial charge in [0.25, 0.3) is 0 Å². The first-order valence-corrected chi connectivity index (χ1v) is 8.22. The van der Waals surface area contributed by atoms with Gasteiger partial charge in [-0.2, -0.15) is 11.8 Å². The number of hydrogen-bond acceptors (Lipinski definition) is 2. The minimum absolute atomic E-state index is 0. The first-order chi connectivity index (χ1) is 9.27. The number of unbranched alkanes of at least 4 members (excludes halogenated alkanes) is 1. The second-order valence-corrected chi connectivity index (χ2v) is 5.54. The van der Waals surface area contributed by atoms with Crippen LogP contribution in [0.25, 0.3) is 0 Å². The molecule has 0 heterocycles. The quantitative estimate of drug-likeness (QED) is 0.301. The SMILES string of the molecule is CN=C(NCCCCSC)NCc1ccccc1Cl.I. The fourth-order valence-electron chi connectivity index (χ4n) is 1.62. The van der Waals surface area contributed by atoms with Crippen molar-refractivity contribution in [1.29, 1.82) is 0 Å². The summed E-state index contributed by atoms with van der Waals surface area (Å²) in [7, 11) is 1.78. The Morgan fingerprint density at radius 3 is 2.65 bits per heavy atom. The lowest BCUT2D eigenvalue weighted by atomic mass is 10.2. The van der Waals surface area contributed by atoms with Gasteiger partial charge in [-0.25, -0.2) is 0 Å². The summed E-state index contributed by atoms with van der Waals surface area (Å²) < 4.78 is 0. The lowest BCUT2D eigenvalue weighted by Gasteiger charge is -2.12. The molecule has 0 aliphatic carbocycles. The monoisotopic (exact) mass is 427 g/mol. The van der Waals surface area contributed by atoms with Crippen LogP contribution in [0.3, 0.4) is 0 Å². The van der Waals surface area contributed by atoms with Gasteiger partial charge in [0.2, 0.25) is 0 Å². The van der Waals surface area contributed by atoms with Crippen molar-refractivity contribution in [3.8, 4) is 0 Å². The van der Waals surface area contributed by atoms with Crippen molar-refractivity contribution in [2.24, 2.45) is 4.99 Å². The molecule has 0 bridgehead atoms. The maximum atomic E-state index is 6.11. The molecule has 114 valence electrons. The van der Waals surface area contributed by atoms with Crippen LogP contribution in [0.1, 0.15) is 18.4 Å². The average Bonchev–Trinajstić information content (AvgIpc) is 2.43. The number of nitrogens with one attached hydrogen (secondary N) is 2. The summed E-state index contributed by atoms with van der Waals surface area (Å²) in [6.07, 6.45) is 4.53. The third-order valence-corrected chi connectivity index (χ3v) is 3.76. The van der Waals surface area contributed by atoms with Gasteiger partial charge in [-0.3, -0.25) is 4.99 Å². The lowest BCUT2D eigenvalue weighted by Crippen LogP contribution is -2.37. The smallest absolute Gasteiger partial charge is 0.191 e. The van der Waals surface area contributed by atoms with E-state index in [1.165, 1.54) is 12.2 Å². The van der Waals surface area contributed by atoms with Crippen molar-refractivity contribution in [3.63, 3.8) is 0 Å². The van der Waals surface area contributed by atoms with Gasteiger partial charge in [0.05, 0.1) is 0 Å². The summed E-state index contributed by atoms with van der Waals surface area (Å²) in [6, 6.07) is 7.84. The molecule has 6 heteroatoms. The molecule has 3 nitrogen and oxygen atoms in total. The Balaban J connectivity index is 0.00000361. The van der Waals surface area contributed by atoms with Gasteiger partial charge in [0, 0.05) is 25.2 Å². The third-order valence-electron chi connectivity index (χ3n) is 2.70. The van der Waals surface area contributed by atoms with E-state index in [2.05, 4.69) is 21.9 Å². The Bertz CT molecular complexity index is 402. The van der Waals surface area contributed by atoms with E-state index in [1.807, 2.05) is 36.0 Å². The normalized spacial score (nSPS) is 10.8. The van der Waals surface area contributed by atoms with Gasteiger partial charge in [0.1, 0.15) is 0 Å². The van der Waals surface area contributed by atoms with Crippen molar-refractivity contribution in [3.05, 3.63) is 34.9 Å². The summed E-state index contributed by atoms with van der Waals surface area (Å²) in [6.45, 7) is 1.63. The van der Waals surface area contributed by atoms with Gasteiger partial charge < -0.3 is 10.6 Å². The zero-order chi connectivity index (χ0) is 13.9. The van der Waals surface area contributed by atoms with Crippen molar-refractivity contribution in [2.45, 2.75) is 19.4 Å². The van der Waals surface area contributed by atoms with Crippen LogP contribution in [-0.4, -0.2) is 31.6 Å². The standard InChI is InChI=1S/C14H22ClN3S.HI/c1-16-14(17-9-5-6-10-19-2)18-11-12-7-3-4-8-13(12)15;/h3-4,7-8H,5-6,9-11H2,1-2H3,(H2,16,17,18);1H. The predicted molar refractivity (Wildman–Crippen MR) is 103 cm³/mol. The Morgan fingerprint density at radius 1 is 1.25 bits per heavy atom. The van der Waals surface area contributed by atoms with E-state index in [-0.39, 0.29) is 24.0 Å². The average molecular weight is 428 g/mol. The van der Waals surface area contributed by atoms with E-state index in [0.717, 1.165) is 29.5 Å². The number of aliphatic imine (C=N–C) groups is 1. The molecule has 1 aromatic carbocycles. The molecular weight excluding hydrogens is 405 g/mol. The fourth-order valence-corrected chi connectivity index (χ4v) is 2.31. The first kappa shape index (κ1) is 19.9. The summed E-state index contributed by atoms with van der Waals surface area (Å²) in [4.78, 5) is 4.20. The number of guanidine groups is 1. The molecule has 0 unspecified atom stereocenters. The minimum atomic E-state index is 0. The molecule has 0 spiro atoms.